The normalized spacial score (nSPS) is 11.6. The molecule has 0 atom stereocenters. The molecular weight excluding hydrogens is 404 g/mol. The van der Waals surface area contributed by atoms with Crippen LogP contribution < -0.4 is 4.74 Å². The highest BCUT2D eigenvalue weighted by atomic mass is 16.5. The molecule has 0 aliphatic heterocycles. The number of benzene rings is 2. The van der Waals surface area contributed by atoms with E-state index in [1.807, 2.05) is 12.1 Å². The lowest BCUT2D eigenvalue weighted by molar-refractivity contribution is 0.302. The molecule has 0 aromatic heterocycles. The Balaban J connectivity index is 1.76. The van der Waals surface area contributed by atoms with E-state index in [-0.39, 0.29) is 0 Å². The molecule has 0 saturated carbocycles. The summed E-state index contributed by atoms with van der Waals surface area (Å²) in [4.78, 5) is 0. The van der Waals surface area contributed by atoms with E-state index in [9.17, 15) is 0 Å². The molecule has 0 amide bonds. The Morgan fingerprint density at radius 1 is 0.697 bits per heavy atom. The first-order valence-electron chi connectivity index (χ1n) is 13.2. The van der Waals surface area contributed by atoms with Crippen LogP contribution in [0.4, 0.5) is 11.4 Å². The van der Waals surface area contributed by atoms with E-state index in [0.717, 1.165) is 41.3 Å². The first-order chi connectivity index (χ1) is 15.9. The van der Waals surface area contributed by atoms with E-state index in [0.29, 0.717) is 5.92 Å². The Bertz CT molecular complexity index is 870. The molecule has 3 heteroatoms. The number of ether oxygens (including phenoxy) is 1. The number of azo groups is 1. The van der Waals surface area contributed by atoms with Gasteiger partial charge in [-0.1, -0.05) is 84.6 Å². The molecule has 33 heavy (non-hydrogen) atoms. The van der Waals surface area contributed by atoms with Crippen molar-refractivity contribution in [1.82, 2.24) is 0 Å². The summed E-state index contributed by atoms with van der Waals surface area (Å²) < 4.78 is 6.03. The van der Waals surface area contributed by atoms with E-state index in [1.165, 1.54) is 68.9 Å². The fourth-order valence-corrected chi connectivity index (χ4v) is 4.33. The Morgan fingerprint density at radius 2 is 1.33 bits per heavy atom. The summed E-state index contributed by atoms with van der Waals surface area (Å²) in [7, 11) is 0. The highest BCUT2D eigenvalue weighted by Gasteiger charge is 2.08. The van der Waals surface area contributed by atoms with Gasteiger partial charge in [-0.15, -0.1) is 0 Å². The second-order valence-electron chi connectivity index (χ2n) is 9.83. The number of hydrogen-bond donors (Lipinski definition) is 0. The van der Waals surface area contributed by atoms with Crippen molar-refractivity contribution >= 4 is 11.4 Å². The van der Waals surface area contributed by atoms with Crippen molar-refractivity contribution in [2.24, 2.45) is 10.2 Å². The van der Waals surface area contributed by atoms with Crippen LogP contribution in [0.25, 0.3) is 0 Å². The van der Waals surface area contributed by atoms with Gasteiger partial charge in [-0.3, -0.25) is 0 Å². The number of rotatable bonds is 15. The summed E-state index contributed by atoms with van der Waals surface area (Å²) in [6.07, 6.45) is 13.4. The van der Waals surface area contributed by atoms with Gasteiger partial charge in [-0.05, 0) is 79.6 Å². The molecule has 0 saturated heterocycles. The molecule has 0 aliphatic carbocycles. The van der Waals surface area contributed by atoms with Crippen molar-refractivity contribution in [1.29, 1.82) is 0 Å². The molecule has 2 aromatic rings. The molecule has 0 spiro atoms. The molecule has 0 N–H and O–H groups in total. The molecule has 182 valence electrons. The van der Waals surface area contributed by atoms with Crippen LogP contribution in [0.2, 0.25) is 0 Å². The van der Waals surface area contributed by atoms with Gasteiger partial charge in [0.15, 0.2) is 0 Å². The summed E-state index contributed by atoms with van der Waals surface area (Å²) in [5, 5.41) is 9.05. The lowest BCUT2D eigenvalue weighted by atomic mass is 9.95. The van der Waals surface area contributed by atoms with Gasteiger partial charge in [-0.25, -0.2) is 0 Å². The maximum atomic E-state index is 6.03. The molecule has 3 nitrogen and oxygen atoms in total. The predicted octanol–water partition coefficient (Wildman–Crippen LogP) is 10.5. The number of aryl methyl sites for hydroxylation is 3. The van der Waals surface area contributed by atoms with Crippen molar-refractivity contribution in [2.75, 3.05) is 6.61 Å². The highest BCUT2D eigenvalue weighted by Crippen LogP contribution is 2.30. The van der Waals surface area contributed by atoms with E-state index in [4.69, 9.17) is 4.74 Å². The average molecular weight is 451 g/mol. The summed E-state index contributed by atoms with van der Waals surface area (Å²) in [6.45, 7) is 13.9. The van der Waals surface area contributed by atoms with Gasteiger partial charge < -0.3 is 4.74 Å². The number of nitrogens with zero attached hydrogens (tertiary/aromatic N) is 2. The van der Waals surface area contributed by atoms with Gasteiger partial charge in [0.25, 0.3) is 0 Å². The lowest BCUT2D eigenvalue weighted by Gasteiger charge is -2.12. The van der Waals surface area contributed by atoms with Crippen molar-refractivity contribution < 1.29 is 4.74 Å². The van der Waals surface area contributed by atoms with E-state index >= 15 is 0 Å². The van der Waals surface area contributed by atoms with Gasteiger partial charge >= 0.3 is 0 Å². The van der Waals surface area contributed by atoms with Crippen LogP contribution in [0.1, 0.15) is 113 Å². The minimum Gasteiger partial charge on any atom is -0.493 e. The largest absolute Gasteiger partial charge is 0.493 e. The molecule has 0 unspecified atom stereocenters. The summed E-state index contributed by atoms with van der Waals surface area (Å²) in [6, 6.07) is 10.5. The molecule has 0 heterocycles. The predicted molar refractivity (Wildman–Crippen MR) is 143 cm³/mol. The van der Waals surface area contributed by atoms with Crippen LogP contribution in [0.15, 0.2) is 40.6 Å². The lowest BCUT2D eigenvalue weighted by Crippen LogP contribution is -1.98. The van der Waals surface area contributed by atoms with Crippen molar-refractivity contribution in [3.05, 3.63) is 52.6 Å². The standard InChI is InChI=1S/C30H46N2O/c1-7-8-9-10-11-12-13-14-15-16-19-33-30-18-17-27(21-26(30)6)31-32-29-22-28(23(2)3)24(4)20-25(29)5/h17-18,20-23H,7-16,19H2,1-6H3. The average Bonchev–Trinajstić information content (AvgIpc) is 2.77. The van der Waals surface area contributed by atoms with Gasteiger partial charge in [0.2, 0.25) is 0 Å². The smallest absolute Gasteiger partial charge is 0.122 e. The zero-order chi connectivity index (χ0) is 24.1. The minimum atomic E-state index is 0.480. The Labute approximate surface area is 203 Å². The fourth-order valence-electron chi connectivity index (χ4n) is 4.33. The minimum absolute atomic E-state index is 0.480. The van der Waals surface area contributed by atoms with Gasteiger partial charge in [0.05, 0.1) is 18.0 Å². The van der Waals surface area contributed by atoms with Gasteiger partial charge in [0.1, 0.15) is 5.75 Å². The molecule has 2 rings (SSSR count). The Hall–Kier alpha value is -2.16. The van der Waals surface area contributed by atoms with Crippen LogP contribution in [-0.4, -0.2) is 6.61 Å². The fraction of sp³-hybridized carbons (Fsp3) is 0.600. The number of hydrogen-bond acceptors (Lipinski definition) is 3. The van der Waals surface area contributed by atoms with Crippen molar-refractivity contribution in [3.8, 4) is 5.75 Å². The second-order valence-corrected chi connectivity index (χ2v) is 9.83. The molecular formula is C30H46N2O. The maximum absolute atomic E-state index is 6.03. The number of unbranched alkanes of at least 4 members (excludes halogenated alkanes) is 9. The first kappa shape index (κ1) is 27.1. The molecule has 0 radical (unpaired) electrons. The van der Waals surface area contributed by atoms with Crippen molar-refractivity contribution in [3.63, 3.8) is 0 Å². The van der Waals surface area contributed by atoms with E-state index < -0.39 is 0 Å². The monoisotopic (exact) mass is 450 g/mol. The zero-order valence-electron chi connectivity index (χ0n) is 22.0. The van der Waals surface area contributed by atoms with Crippen LogP contribution in [0.5, 0.6) is 5.75 Å². The van der Waals surface area contributed by atoms with Gasteiger partial charge in [0, 0.05) is 0 Å². The van der Waals surface area contributed by atoms with Crippen LogP contribution >= 0.6 is 0 Å². The summed E-state index contributed by atoms with van der Waals surface area (Å²) >= 11 is 0. The third-order valence-electron chi connectivity index (χ3n) is 6.39. The van der Waals surface area contributed by atoms with Crippen LogP contribution in [0.3, 0.4) is 0 Å². The zero-order valence-corrected chi connectivity index (χ0v) is 22.0. The SMILES string of the molecule is CCCCCCCCCCCCOc1ccc(N=Nc2cc(C(C)C)c(C)cc2C)cc1C. The van der Waals surface area contributed by atoms with Crippen LogP contribution in [-0.2, 0) is 0 Å². The molecule has 0 bridgehead atoms. The highest BCUT2D eigenvalue weighted by molar-refractivity contribution is 5.52. The maximum Gasteiger partial charge on any atom is 0.122 e. The Morgan fingerprint density at radius 3 is 1.94 bits per heavy atom. The molecule has 2 aromatic carbocycles. The Kier molecular flexibility index (Phi) is 12.2. The van der Waals surface area contributed by atoms with Gasteiger partial charge in [-0.2, -0.15) is 10.2 Å². The quantitative estimate of drug-likeness (QED) is 0.196. The summed E-state index contributed by atoms with van der Waals surface area (Å²) in [5.41, 5.74) is 6.74. The first-order valence-corrected chi connectivity index (χ1v) is 13.2. The van der Waals surface area contributed by atoms with Crippen LogP contribution in [0, 0.1) is 20.8 Å². The van der Waals surface area contributed by atoms with E-state index in [2.05, 4.69) is 70.0 Å². The molecule has 0 fully saturated rings. The molecule has 0 aliphatic rings. The topological polar surface area (TPSA) is 34.0 Å². The summed E-state index contributed by atoms with van der Waals surface area (Å²) in [5.74, 6) is 1.44. The van der Waals surface area contributed by atoms with E-state index in [1.54, 1.807) is 0 Å². The third kappa shape index (κ3) is 9.70. The second kappa shape index (κ2) is 14.9. The third-order valence-corrected chi connectivity index (χ3v) is 6.39. The van der Waals surface area contributed by atoms with Crippen molar-refractivity contribution in [2.45, 2.75) is 112 Å².